The maximum absolute atomic E-state index is 12.6. The van der Waals surface area contributed by atoms with E-state index in [9.17, 15) is 13.2 Å². The Hall–Kier alpha value is -3.31. The number of ether oxygens (including phenoxy) is 1. The fourth-order valence-corrected chi connectivity index (χ4v) is 3.75. The molecule has 0 fully saturated rings. The number of carbonyl (C=O) groups excluding carboxylic acids is 1. The summed E-state index contributed by atoms with van der Waals surface area (Å²) in [6, 6.07) is 11.8. The monoisotopic (exact) mass is 430 g/mol. The number of nitrogens with zero attached hydrogens (tertiary/aromatic N) is 5. The van der Waals surface area contributed by atoms with Crippen molar-refractivity contribution in [2.24, 2.45) is 0 Å². The summed E-state index contributed by atoms with van der Waals surface area (Å²) in [5.41, 5.74) is 1.93. The normalized spacial score (nSPS) is 11.5. The van der Waals surface area contributed by atoms with Gasteiger partial charge in [-0.15, -0.1) is 5.10 Å². The second-order valence-electron chi connectivity index (χ2n) is 6.53. The highest BCUT2D eigenvalue weighted by atomic mass is 32.2. The summed E-state index contributed by atoms with van der Waals surface area (Å²) in [6.07, 6.45) is 1.60. The van der Waals surface area contributed by atoms with E-state index in [4.69, 9.17) is 4.74 Å². The van der Waals surface area contributed by atoms with Crippen molar-refractivity contribution < 1.29 is 17.9 Å². The molecule has 0 atom stereocenters. The van der Waals surface area contributed by atoms with Crippen molar-refractivity contribution in [1.82, 2.24) is 24.5 Å². The summed E-state index contributed by atoms with van der Waals surface area (Å²) in [6.45, 7) is 2.09. The molecule has 10 nitrogen and oxygen atoms in total. The van der Waals surface area contributed by atoms with Crippen LogP contribution in [-0.4, -0.2) is 59.5 Å². The van der Waals surface area contributed by atoms with Crippen molar-refractivity contribution in [1.29, 1.82) is 0 Å². The highest BCUT2D eigenvalue weighted by Crippen LogP contribution is 2.29. The molecule has 0 radical (unpaired) electrons. The minimum atomic E-state index is -3.73. The molecule has 30 heavy (non-hydrogen) atoms. The van der Waals surface area contributed by atoms with E-state index in [0.29, 0.717) is 12.3 Å². The number of sulfonamides is 1. The zero-order valence-corrected chi connectivity index (χ0v) is 17.6. The van der Waals surface area contributed by atoms with Gasteiger partial charge in [0.2, 0.25) is 15.9 Å². The number of benzene rings is 2. The van der Waals surface area contributed by atoms with Gasteiger partial charge in [-0.2, -0.15) is 0 Å². The molecule has 158 valence electrons. The molecule has 0 aliphatic rings. The third kappa shape index (κ3) is 4.81. The first-order valence-corrected chi connectivity index (χ1v) is 10.6. The molecule has 0 bridgehead atoms. The molecule has 1 aromatic heterocycles. The molecule has 0 aliphatic carbocycles. The molecule has 2 aromatic carbocycles. The summed E-state index contributed by atoms with van der Waals surface area (Å²) in [5, 5.41) is 13.7. The molecule has 1 heterocycles. The maximum atomic E-state index is 12.6. The minimum absolute atomic E-state index is 0.00190. The van der Waals surface area contributed by atoms with Crippen molar-refractivity contribution in [3.63, 3.8) is 0 Å². The van der Waals surface area contributed by atoms with Gasteiger partial charge in [0.1, 0.15) is 17.0 Å². The highest BCUT2D eigenvalue weighted by Gasteiger charge is 2.23. The Labute approximate surface area is 174 Å². The average molecular weight is 430 g/mol. The Morgan fingerprint density at radius 3 is 2.50 bits per heavy atom. The quantitative estimate of drug-likeness (QED) is 0.575. The van der Waals surface area contributed by atoms with Gasteiger partial charge in [-0.25, -0.2) is 17.4 Å². The van der Waals surface area contributed by atoms with Crippen LogP contribution in [0.15, 0.2) is 53.7 Å². The molecule has 0 saturated carbocycles. The summed E-state index contributed by atoms with van der Waals surface area (Å²) < 4.78 is 33.3. The van der Waals surface area contributed by atoms with Crippen LogP contribution < -0.4 is 10.1 Å². The molecule has 1 amide bonds. The molecule has 0 aliphatic heterocycles. The van der Waals surface area contributed by atoms with E-state index in [1.54, 1.807) is 37.3 Å². The Morgan fingerprint density at radius 1 is 1.17 bits per heavy atom. The topological polar surface area (TPSA) is 119 Å². The lowest BCUT2D eigenvalue weighted by Gasteiger charge is -2.16. The Bertz CT molecular complexity index is 1110. The Morgan fingerprint density at radius 2 is 1.90 bits per heavy atom. The standard InChI is InChI=1S/C19H22N6O4S/c1-4-29-17-10-7-15(12-18(17)30(27,28)24(2)3)21-19(26)11-14-5-8-16(9-6-14)25-13-20-22-23-25/h5-10,12-13H,4,11H2,1-3H3,(H,21,26). The largest absolute Gasteiger partial charge is 0.492 e. The number of rotatable bonds is 8. The fourth-order valence-electron chi connectivity index (χ4n) is 2.70. The first-order valence-electron chi connectivity index (χ1n) is 9.13. The van der Waals surface area contributed by atoms with Crippen molar-refractivity contribution in [3.8, 4) is 11.4 Å². The number of carbonyl (C=O) groups is 1. The lowest BCUT2D eigenvalue weighted by Crippen LogP contribution is -2.23. The third-order valence-electron chi connectivity index (χ3n) is 4.20. The van der Waals surface area contributed by atoms with E-state index >= 15 is 0 Å². The first kappa shape index (κ1) is 21.4. The molecule has 0 unspecified atom stereocenters. The summed E-state index contributed by atoms with van der Waals surface area (Å²) >= 11 is 0. The van der Waals surface area contributed by atoms with Gasteiger partial charge < -0.3 is 10.1 Å². The molecule has 3 rings (SSSR count). The minimum Gasteiger partial charge on any atom is -0.492 e. The highest BCUT2D eigenvalue weighted by molar-refractivity contribution is 7.89. The van der Waals surface area contributed by atoms with Crippen LogP contribution in [0.2, 0.25) is 0 Å². The van der Waals surface area contributed by atoms with E-state index < -0.39 is 10.0 Å². The lowest BCUT2D eigenvalue weighted by molar-refractivity contribution is -0.115. The number of hydrogen-bond acceptors (Lipinski definition) is 7. The van der Waals surface area contributed by atoms with Gasteiger partial charge in [0.15, 0.2) is 0 Å². The first-order chi connectivity index (χ1) is 14.3. The molecule has 0 saturated heterocycles. The van der Waals surface area contributed by atoms with E-state index in [2.05, 4.69) is 20.8 Å². The van der Waals surface area contributed by atoms with Crippen LogP contribution in [0, 0.1) is 0 Å². The molecular weight excluding hydrogens is 408 g/mol. The van der Waals surface area contributed by atoms with Crippen molar-refractivity contribution in [2.45, 2.75) is 18.2 Å². The zero-order valence-electron chi connectivity index (χ0n) is 16.8. The maximum Gasteiger partial charge on any atom is 0.246 e. The van der Waals surface area contributed by atoms with Gasteiger partial charge in [-0.3, -0.25) is 4.79 Å². The average Bonchev–Trinajstić information content (AvgIpc) is 3.24. The van der Waals surface area contributed by atoms with Crippen molar-refractivity contribution >= 4 is 21.6 Å². The van der Waals surface area contributed by atoms with Gasteiger partial charge in [0, 0.05) is 19.8 Å². The second kappa shape index (κ2) is 9.01. The van der Waals surface area contributed by atoms with Gasteiger partial charge in [0.05, 0.1) is 18.7 Å². The number of amides is 1. The van der Waals surface area contributed by atoms with Crippen LogP contribution >= 0.6 is 0 Å². The van der Waals surface area contributed by atoms with Crippen molar-refractivity contribution in [3.05, 3.63) is 54.4 Å². The predicted molar refractivity (Wildman–Crippen MR) is 110 cm³/mol. The van der Waals surface area contributed by atoms with E-state index in [1.807, 2.05) is 0 Å². The second-order valence-corrected chi connectivity index (χ2v) is 8.65. The molecule has 0 spiro atoms. The fraction of sp³-hybridized carbons (Fsp3) is 0.263. The van der Waals surface area contributed by atoms with Gasteiger partial charge in [0.25, 0.3) is 0 Å². The molecule has 3 aromatic rings. The molecule has 11 heteroatoms. The number of nitrogens with one attached hydrogen (secondary N) is 1. The van der Waals surface area contributed by atoms with Gasteiger partial charge in [-0.05, 0) is 53.2 Å². The van der Waals surface area contributed by atoms with E-state index in [-0.39, 0.29) is 23.0 Å². The Kier molecular flexibility index (Phi) is 6.43. The van der Waals surface area contributed by atoms with Crippen LogP contribution in [0.5, 0.6) is 5.75 Å². The smallest absolute Gasteiger partial charge is 0.246 e. The lowest BCUT2D eigenvalue weighted by atomic mass is 10.1. The van der Waals surface area contributed by atoms with Crippen LogP contribution in [0.25, 0.3) is 5.69 Å². The number of tetrazole rings is 1. The van der Waals surface area contributed by atoms with Gasteiger partial charge >= 0.3 is 0 Å². The molecule has 1 N–H and O–H groups in total. The number of aromatic nitrogens is 4. The van der Waals surface area contributed by atoms with E-state index in [0.717, 1.165) is 15.6 Å². The van der Waals surface area contributed by atoms with Crippen LogP contribution in [0.4, 0.5) is 5.69 Å². The SMILES string of the molecule is CCOc1ccc(NC(=O)Cc2ccc(-n3cnnn3)cc2)cc1S(=O)(=O)N(C)C. The number of hydrogen-bond donors (Lipinski definition) is 1. The summed E-state index contributed by atoms with van der Waals surface area (Å²) in [5.74, 6) is -0.0371. The molecular formula is C19H22N6O4S. The zero-order chi connectivity index (χ0) is 21.7. The summed E-state index contributed by atoms with van der Waals surface area (Å²) in [7, 11) is -0.855. The van der Waals surface area contributed by atoms with Crippen LogP contribution in [0.3, 0.4) is 0 Å². The number of anilines is 1. The van der Waals surface area contributed by atoms with Crippen LogP contribution in [0.1, 0.15) is 12.5 Å². The van der Waals surface area contributed by atoms with Crippen molar-refractivity contribution in [2.75, 3.05) is 26.0 Å². The summed E-state index contributed by atoms with van der Waals surface area (Å²) in [4.78, 5) is 12.5. The Balaban J connectivity index is 1.75. The van der Waals surface area contributed by atoms with E-state index in [1.165, 1.54) is 37.2 Å². The van der Waals surface area contributed by atoms with Gasteiger partial charge in [-0.1, -0.05) is 12.1 Å². The third-order valence-corrected chi connectivity index (χ3v) is 6.04. The predicted octanol–water partition coefficient (Wildman–Crippen LogP) is 1.49. The van der Waals surface area contributed by atoms with Crippen LogP contribution in [-0.2, 0) is 21.2 Å².